The van der Waals surface area contributed by atoms with E-state index in [2.05, 4.69) is 5.32 Å². The molecule has 0 radical (unpaired) electrons. The molecule has 1 amide bonds. The summed E-state index contributed by atoms with van der Waals surface area (Å²) in [4.78, 5) is 22.7. The highest BCUT2D eigenvalue weighted by molar-refractivity contribution is 6.01. The molecule has 5 nitrogen and oxygen atoms in total. The molecule has 1 rings (SSSR count). The van der Waals surface area contributed by atoms with Gasteiger partial charge in [0.2, 0.25) is 5.91 Å². The van der Waals surface area contributed by atoms with E-state index in [4.69, 9.17) is 9.84 Å². The number of benzene rings is 1. The Hall–Kier alpha value is -2.14. The maximum absolute atomic E-state index is 11.9. The highest BCUT2D eigenvalue weighted by Crippen LogP contribution is 2.10. The van der Waals surface area contributed by atoms with Crippen LogP contribution in [0.1, 0.15) is 25.0 Å². The van der Waals surface area contributed by atoms with E-state index in [0.717, 1.165) is 11.1 Å². The molecule has 1 aromatic carbocycles. The summed E-state index contributed by atoms with van der Waals surface area (Å²) < 4.78 is 5.09. The van der Waals surface area contributed by atoms with Crippen LogP contribution in [0.2, 0.25) is 0 Å². The van der Waals surface area contributed by atoms with E-state index in [1.54, 1.807) is 7.11 Å². The van der Waals surface area contributed by atoms with Crippen molar-refractivity contribution in [2.24, 2.45) is 0 Å². The molecule has 0 saturated carbocycles. The summed E-state index contributed by atoms with van der Waals surface area (Å²) in [7, 11) is 1.61. The molecule has 0 fully saturated rings. The van der Waals surface area contributed by atoms with Gasteiger partial charge >= 0.3 is 5.97 Å². The van der Waals surface area contributed by atoms with Gasteiger partial charge in [0.15, 0.2) is 0 Å². The zero-order valence-electron chi connectivity index (χ0n) is 11.9. The third-order valence-electron chi connectivity index (χ3n) is 3.08. The van der Waals surface area contributed by atoms with Gasteiger partial charge in [0, 0.05) is 24.8 Å². The van der Waals surface area contributed by atoms with Crippen molar-refractivity contribution in [3.05, 3.63) is 46.5 Å². The lowest BCUT2D eigenvalue weighted by Gasteiger charge is -2.11. The molecule has 0 aliphatic rings. The minimum Gasteiger partial charge on any atom is -0.478 e. The zero-order valence-corrected chi connectivity index (χ0v) is 11.9. The number of carboxylic acid groups (broad SMARTS) is 1. The lowest BCUT2D eigenvalue weighted by molar-refractivity contribution is -0.133. The lowest BCUT2D eigenvalue weighted by atomic mass is 10.1. The molecule has 0 heterocycles. The van der Waals surface area contributed by atoms with Crippen molar-refractivity contribution in [3.63, 3.8) is 0 Å². The van der Waals surface area contributed by atoms with Crippen molar-refractivity contribution in [3.8, 4) is 0 Å². The smallest absolute Gasteiger partial charge is 0.331 e. The third-order valence-corrected chi connectivity index (χ3v) is 3.08. The fraction of sp³-hybridized carbons (Fsp3) is 0.333. The quantitative estimate of drug-likeness (QED) is 0.778. The molecule has 2 N–H and O–H groups in total. The van der Waals surface area contributed by atoms with Crippen molar-refractivity contribution in [1.29, 1.82) is 0 Å². The van der Waals surface area contributed by atoms with E-state index in [9.17, 15) is 9.59 Å². The molecule has 0 unspecified atom stereocenters. The van der Waals surface area contributed by atoms with Crippen LogP contribution in [0.25, 0.3) is 0 Å². The van der Waals surface area contributed by atoms with Crippen molar-refractivity contribution < 1.29 is 19.4 Å². The maximum atomic E-state index is 11.9. The van der Waals surface area contributed by atoms with Crippen LogP contribution in [-0.4, -0.2) is 24.1 Å². The number of carbonyl (C=O) groups excluding carboxylic acids is 1. The van der Waals surface area contributed by atoms with Gasteiger partial charge in [-0.3, -0.25) is 4.79 Å². The normalized spacial score (nSPS) is 11.8. The van der Waals surface area contributed by atoms with Crippen LogP contribution in [0.4, 0.5) is 0 Å². The molecular formula is C15H19NO4. The standard InChI is InChI=1S/C15H19NO4/c1-10(11(2)15(18)19)14(17)16-8-12-6-4-5-7-13(12)9-20-3/h4-7H,8-9H2,1-3H3,(H,16,17)(H,18,19). The Bertz CT molecular complexity index is 534. The van der Waals surface area contributed by atoms with Crippen molar-refractivity contribution >= 4 is 11.9 Å². The maximum Gasteiger partial charge on any atom is 0.331 e. The van der Waals surface area contributed by atoms with Crippen LogP contribution in [0.15, 0.2) is 35.4 Å². The predicted octanol–water partition coefficient (Wildman–Crippen LogP) is 1.87. The largest absolute Gasteiger partial charge is 0.478 e. The Morgan fingerprint density at radius 2 is 1.75 bits per heavy atom. The molecule has 108 valence electrons. The van der Waals surface area contributed by atoms with Gasteiger partial charge in [-0.15, -0.1) is 0 Å². The molecular weight excluding hydrogens is 258 g/mol. The number of amides is 1. The first-order chi connectivity index (χ1) is 9.47. The number of carboxylic acids is 1. The van der Waals surface area contributed by atoms with Crippen LogP contribution >= 0.6 is 0 Å². The number of nitrogens with one attached hydrogen (secondary N) is 1. The van der Waals surface area contributed by atoms with Crippen molar-refractivity contribution in [2.75, 3.05) is 7.11 Å². The van der Waals surface area contributed by atoms with Gasteiger partial charge in [0.05, 0.1) is 6.61 Å². The third kappa shape index (κ3) is 4.20. The molecule has 0 aromatic heterocycles. The second-order valence-electron chi connectivity index (χ2n) is 4.44. The Morgan fingerprint density at radius 1 is 1.15 bits per heavy atom. The molecule has 1 aromatic rings. The number of hydrogen-bond acceptors (Lipinski definition) is 3. The molecule has 0 aliphatic heterocycles. The highest BCUT2D eigenvalue weighted by atomic mass is 16.5. The molecule has 0 spiro atoms. The van der Waals surface area contributed by atoms with Crippen LogP contribution < -0.4 is 5.32 Å². The van der Waals surface area contributed by atoms with Gasteiger partial charge in [0.1, 0.15) is 0 Å². The first kappa shape index (κ1) is 15.9. The van der Waals surface area contributed by atoms with Gasteiger partial charge < -0.3 is 15.2 Å². The summed E-state index contributed by atoms with van der Waals surface area (Å²) in [6.45, 7) is 3.72. The Kier molecular flexibility index (Phi) is 5.93. The van der Waals surface area contributed by atoms with Crippen molar-refractivity contribution in [1.82, 2.24) is 5.32 Å². The lowest BCUT2D eigenvalue weighted by Crippen LogP contribution is -2.25. The topological polar surface area (TPSA) is 75.6 Å². The minimum atomic E-state index is -1.09. The summed E-state index contributed by atoms with van der Waals surface area (Å²) >= 11 is 0. The average molecular weight is 277 g/mol. The van der Waals surface area contributed by atoms with Gasteiger partial charge in [-0.2, -0.15) is 0 Å². The fourth-order valence-electron chi connectivity index (χ4n) is 1.67. The number of rotatable bonds is 6. The summed E-state index contributed by atoms with van der Waals surface area (Å²) in [5.74, 6) is -1.46. The Labute approximate surface area is 118 Å². The predicted molar refractivity (Wildman–Crippen MR) is 75.0 cm³/mol. The Morgan fingerprint density at radius 3 is 2.30 bits per heavy atom. The van der Waals surface area contributed by atoms with Crippen LogP contribution in [-0.2, 0) is 27.5 Å². The van der Waals surface area contributed by atoms with Crippen LogP contribution in [0.5, 0.6) is 0 Å². The van der Waals surface area contributed by atoms with E-state index in [0.29, 0.717) is 13.2 Å². The van der Waals surface area contributed by atoms with Gasteiger partial charge in [-0.05, 0) is 25.0 Å². The molecule has 0 bridgehead atoms. The number of ether oxygens (including phenoxy) is 1. The molecule has 0 saturated heterocycles. The van der Waals surface area contributed by atoms with Gasteiger partial charge in [-0.25, -0.2) is 4.79 Å². The van der Waals surface area contributed by atoms with Crippen LogP contribution in [0.3, 0.4) is 0 Å². The van der Waals surface area contributed by atoms with E-state index in [1.165, 1.54) is 13.8 Å². The summed E-state index contributed by atoms with van der Waals surface area (Å²) in [6.07, 6.45) is 0. The number of aliphatic carboxylic acids is 1. The second-order valence-corrected chi connectivity index (χ2v) is 4.44. The van der Waals surface area contributed by atoms with E-state index in [1.807, 2.05) is 24.3 Å². The zero-order chi connectivity index (χ0) is 15.1. The SMILES string of the molecule is COCc1ccccc1CNC(=O)C(C)=C(C)C(=O)O. The molecule has 0 atom stereocenters. The first-order valence-electron chi connectivity index (χ1n) is 6.22. The summed E-state index contributed by atoms with van der Waals surface area (Å²) in [5, 5.41) is 11.6. The van der Waals surface area contributed by atoms with Gasteiger partial charge in [-0.1, -0.05) is 24.3 Å². The number of methoxy groups -OCH3 is 1. The summed E-state index contributed by atoms with van der Waals surface area (Å²) in [5.41, 5.74) is 2.20. The minimum absolute atomic E-state index is 0.0488. The van der Waals surface area contributed by atoms with Crippen LogP contribution in [0, 0.1) is 0 Å². The second kappa shape index (κ2) is 7.45. The van der Waals surface area contributed by atoms with Crippen molar-refractivity contribution in [2.45, 2.75) is 27.0 Å². The fourth-order valence-corrected chi connectivity index (χ4v) is 1.67. The van der Waals surface area contributed by atoms with E-state index >= 15 is 0 Å². The molecule has 20 heavy (non-hydrogen) atoms. The number of carbonyl (C=O) groups is 2. The molecule has 0 aliphatic carbocycles. The first-order valence-corrected chi connectivity index (χ1v) is 6.22. The van der Waals surface area contributed by atoms with Gasteiger partial charge in [0.25, 0.3) is 0 Å². The molecule has 5 heteroatoms. The van der Waals surface area contributed by atoms with E-state index in [-0.39, 0.29) is 17.1 Å². The highest BCUT2D eigenvalue weighted by Gasteiger charge is 2.12. The average Bonchev–Trinajstić information content (AvgIpc) is 2.44. The summed E-state index contributed by atoms with van der Waals surface area (Å²) in [6, 6.07) is 7.61. The Balaban J connectivity index is 2.75. The number of hydrogen-bond donors (Lipinski definition) is 2. The monoisotopic (exact) mass is 277 g/mol. The van der Waals surface area contributed by atoms with E-state index < -0.39 is 5.97 Å².